The third-order valence-corrected chi connectivity index (χ3v) is 6.75. The SMILES string of the molecule is CC1CCC(C2CCC(C#CC3[CH-]C(F)C(C#N)C(F)C3)CC2)CC1.[Y]. The average molecular weight is 435 g/mol. The second-order valence-electron chi connectivity index (χ2n) is 8.57. The summed E-state index contributed by atoms with van der Waals surface area (Å²) < 4.78 is 27.7. The summed E-state index contributed by atoms with van der Waals surface area (Å²) in [6, 6.07) is 1.74. The Kier molecular flexibility index (Phi) is 9.03. The number of halogens is 2. The second kappa shape index (κ2) is 10.5. The number of rotatable bonds is 1. The molecule has 0 heterocycles. The van der Waals surface area contributed by atoms with Gasteiger partial charge in [0.1, 0.15) is 6.17 Å². The van der Waals surface area contributed by atoms with Gasteiger partial charge in [-0.3, -0.25) is 10.8 Å². The minimum atomic E-state index is -1.49. The summed E-state index contributed by atoms with van der Waals surface area (Å²) in [5, 5.41) is 8.81. The van der Waals surface area contributed by atoms with Crippen molar-refractivity contribution in [2.45, 2.75) is 77.1 Å². The molecule has 3 rings (SSSR count). The van der Waals surface area contributed by atoms with E-state index in [0.29, 0.717) is 5.92 Å². The van der Waals surface area contributed by atoms with Crippen molar-refractivity contribution in [1.29, 1.82) is 5.26 Å². The Hall–Kier alpha value is 0.0139. The first kappa shape index (κ1) is 22.3. The molecule has 0 N–H and O–H groups in total. The number of hydrogen-bond acceptors (Lipinski definition) is 1. The molecule has 0 amide bonds. The minimum absolute atomic E-state index is 0. The van der Waals surface area contributed by atoms with Gasteiger partial charge in [-0.1, -0.05) is 25.7 Å². The molecule has 0 bridgehead atoms. The molecule has 3 aliphatic carbocycles. The normalized spacial score (nSPS) is 43.3. The van der Waals surface area contributed by atoms with E-state index < -0.39 is 18.3 Å². The fourth-order valence-electron chi connectivity index (χ4n) is 4.99. The van der Waals surface area contributed by atoms with E-state index in [0.717, 1.165) is 30.6 Å². The quantitative estimate of drug-likeness (QED) is 0.385. The van der Waals surface area contributed by atoms with E-state index in [4.69, 9.17) is 5.26 Å². The number of hydrogen-bond donors (Lipinski definition) is 0. The molecule has 0 spiro atoms. The van der Waals surface area contributed by atoms with Crippen LogP contribution in [-0.4, -0.2) is 12.3 Å². The van der Waals surface area contributed by atoms with E-state index in [-0.39, 0.29) is 45.0 Å². The van der Waals surface area contributed by atoms with E-state index in [1.165, 1.54) is 44.9 Å². The first-order chi connectivity index (χ1) is 12.1. The number of alkyl halides is 2. The van der Waals surface area contributed by atoms with Crippen LogP contribution in [0.2, 0.25) is 0 Å². The Bertz CT molecular complexity index is 521. The molecule has 1 radical (unpaired) electrons. The predicted molar refractivity (Wildman–Crippen MR) is 95.6 cm³/mol. The molecule has 4 unspecified atom stereocenters. The fraction of sp³-hybridized carbons (Fsp3) is 0.818. The van der Waals surface area contributed by atoms with Crippen LogP contribution >= 0.6 is 0 Å². The van der Waals surface area contributed by atoms with Crippen LogP contribution in [0.25, 0.3) is 0 Å². The molecular weight excluding hydrogens is 405 g/mol. The van der Waals surface area contributed by atoms with Gasteiger partial charge in [0.15, 0.2) is 0 Å². The summed E-state index contributed by atoms with van der Waals surface area (Å²) in [6.45, 7) is 2.37. The molecule has 3 saturated carbocycles. The summed E-state index contributed by atoms with van der Waals surface area (Å²) in [5.41, 5.74) is 0. The molecule has 141 valence electrons. The molecular formula is C22H30F2NY-. The summed E-state index contributed by atoms with van der Waals surface area (Å²) in [5.74, 6) is 7.99. The van der Waals surface area contributed by atoms with E-state index in [9.17, 15) is 8.78 Å². The van der Waals surface area contributed by atoms with Crippen molar-refractivity contribution < 1.29 is 41.5 Å². The van der Waals surface area contributed by atoms with Gasteiger partial charge in [0, 0.05) is 38.6 Å². The summed E-state index contributed by atoms with van der Waals surface area (Å²) in [6.07, 6.45) is 9.09. The zero-order valence-corrected chi connectivity index (χ0v) is 18.7. The van der Waals surface area contributed by atoms with Crippen LogP contribution in [0.1, 0.15) is 64.7 Å². The van der Waals surface area contributed by atoms with Crippen LogP contribution < -0.4 is 0 Å². The van der Waals surface area contributed by atoms with Crippen molar-refractivity contribution in [3.8, 4) is 17.9 Å². The van der Waals surface area contributed by atoms with Crippen molar-refractivity contribution in [2.75, 3.05) is 0 Å². The minimum Gasteiger partial charge on any atom is -0.281 e. The molecule has 0 aliphatic heterocycles. The molecule has 3 fully saturated rings. The van der Waals surface area contributed by atoms with Crippen LogP contribution in [0.15, 0.2) is 0 Å². The van der Waals surface area contributed by atoms with E-state index >= 15 is 0 Å². The van der Waals surface area contributed by atoms with Gasteiger partial charge in [0.05, 0.1) is 12.0 Å². The fourth-order valence-corrected chi connectivity index (χ4v) is 4.99. The zero-order chi connectivity index (χ0) is 17.8. The van der Waals surface area contributed by atoms with Gasteiger partial charge < -0.3 is 0 Å². The van der Waals surface area contributed by atoms with E-state index in [1.807, 2.05) is 0 Å². The molecule has 4 atom stereocenters. The van der Waals surface area contributed by atoms with Crippen LogP contribution in [0.4, 0.5) is 8.78 Å². The van der Waals surface area contributed by atoms with E-state index in [1.54, 1.807) is 6.07 Å². The Labute approximate surface area is 182 Å². The van der Waals surface area contributed by atoms with Crippen molar-refractivity contribution in [3.05, 3.63) is 6.42 Å². The van der Waals surface area contributed by atoms with Crippen molar-refractivity contribution in [2.24, 2.45) is 35.5 Å². The Morgan fingerprint density at radius 1 is 0.885 bits per heavy atom. The molecule has 1 nitrogen and oxygen atoms in total. The molecule has 0 saturated heterocycles. The molecule has 4 heteroatoms. The van der Waals surface area contributed by atoms with E-state index in [2.05, 4.69) is 18.8 Å². The number of nitrogens with zero attached hydrogens (tertiary/aromatic N) is 1. The third-order valence-electron chi connectivity index (χ3n) is 6.75. The van der Waals surface area contributed by atoms with Gasteiger partial charge in [-0.2, -0.15) is 5.26 Å². The monoisotopic (exact) mass is 435 g/mol. The second-order valence-corrected chi connectivity index (χ2v) is 8.57. The van der Waals surface area contributed by atoms with Crippen molar-refractivity contribution in [3.63, 3.8) is 0 Å². The average Bonchev–Trinajstić information content (AvgIpc) is 2.61. The van der Waals surface area contributed by atoms with Crippen LogP contribution in [0, 0.1) is 65.1 Å². The number of nitriles is 1. The van der Waals surface area contributed by atoms with Gasteiger partial charge in [-0.15, -0.1) is 11.8 Å². The maximum atomic E-state index is 13.8. The summed E-state index contributed by atoms with van der Waals surface area (Å²) >= 11 is 0. The maximum absolute atomic E-state index is 13.8. The maximum Gasteiger partial charge on any atom is 0.115 e. The summed E-state index contributed by atoms with van der Waals surface area (Å²) in [4.78, 5) is 0. The predicted octanol–water partition coefficient (Wildman–Crippen LogP) is 5.66. The van der Waals surface area contributed by atoms with Gasteiger partial charge in [-0.25, -0.2) is 4.39 Å². The molecule has 0 aromatic carbocycles. The zero-order valence-electron chi connectivity index (χ0n) is 15.8. The molecule has 26 heavy (non-hydrogen) atoms. The first-order valence-corrected chi connectivity index (χ1v) is 10.1. The van der Waals surface area contributed by atoms with Gasteiger partial charge >= 0.3 is 0 Å². The van der Waals surface area contributed by atoms with Gasteiger partial charge in [0.2, 0.25) is 0 Å². The Morgan fingerprint density at radius 3 is 2.00 bits per heavy atom. The topological polar surface area (TPSA) is 23.8 Å². The standard InChI is InChI=1S/C22H30F2N.Y/c1-15-2-8-18(9-3-15)19-10-6-16(7-11-19)4-5-17-12-21(23)20(14-25)22(24)13-17;/h12,15-22H,2-3,6-11,13H2,1H3;/q-1;. The molecule has 3 aliphatic rings. The van der Waals surface area contributed by atoms with Crippen LogP contribution in [0.3, 0.4) is 0 Å². The van der Waals surface area contributed by atoms with Crippen LogP contribution in [0.5, 0.6) is 0 Å². The summed E-state index contributed by atoms with van der Waals surface area (Å²) in [7, 11) is 0. The first-order valence-electron chi connectivity index (χ1n) is 10.1. The largest absolute Gasteiger partial charge is 0.281 e. The van der Waals surface area contributed by atoms with Gasteiger partial charge in [0.25, 0.3) is 0 Å². The van der Waals surface area contributed by atoms with Crippen LogP contribution in [-0.2, 0) is 32.7 Å². The third kappa shape index (κ3) is 5.75. The molecule has 0 aromatic rings. The smallest absolute Gasteiger partial charge is 0.115 e. The van der Waals surface area contributed by atoms with Gasteiger partial charge in [-0.05, 0) is 68.9 Å². The molecule has 0 aromatic heterocycles. The Morgan fingerprint density at radius 2 is 1.46 bits per heavy atom. The van der Waals surface area contributed by atoms with Crippen molar-refractivity contribution in [1.82, 2.24) is 0 Å². The Balaban J connectivity index is 0.00000243. The van der Waals surface area contributed by atoms with Crippen molar-refractivity contribution >= 4 is 0 Å².